The summed E-state index contributed by atoms with van der Waals surface area (Å²) in [6, 6.07) is 10.6. The third-order valence-corrected chi connectivity index (χ3v) is 21.4. The van der Waals surface area contributed by atoms with Crippen LogP contribution in [-0.4, -0.2) is 342 Å². The lowest BCUT2D eigenvalue weighted by Gasteiger charge is -2.38. The molecule has 3 fully saturated rings. The molecule has 0 radical (unpaired) electrons. The molecule has 10 amide bonds. The van der Waals surface area contributed by atoms with Crippen LogP contribution in [0.5, 0.6) is 28.7 Å². The number of fused-ring (bicyclic) bond motifs is 4. The maximum Gasteiger partial charge on any atom is 0.416 e. The van der Waals surface area contributed by atoms with Gasteiger partial charge in [-0.25, -0.2) is 24.2 Å². The highest BCUT2D eigenvalue weighted by Gasteiger charge is 2.51. The summed E-state index contributed by atoms with van der Waals surface area (Å²) >= 11 is 0. The van der Waals surface area contributed by atoms with Gasteiger partial charge in [-0.15, -0.1) is 0 Å². The Labute approximate surface area is 758 Å². The fraction of sp³-hybridized carbons (Fsp3) is 0.529. The van der Waals surface area contributed by atoms with Crippen molar-refractivity contribution >= 4 is 88.2 Å². The molecular weight excluding hydrogens is 1740 g/mol. The Morgan fingerprint density at radius 1 is 0.538 bits per heavy atom. The summed E-state index contributed by atoms with van der Waals surface area (Å²) in [5, 5.41) is 87.7. The number of imide groups is 1. The molecule has 4 aromatic carbocycles. The van der Waals surface area contributed by atoms with Crippen LogP contribution in [-0.2, 0) is 98.9 Å². The number of carboxylic acids is 1. The van der Waals surface area contributed by atoms with Gasteiger partial charge >= 0.3 is 23.8 Å². The minimum absolute atomic E-state index is 0.0114. The molecular formula is C87H112N10O35. The Kier molecular flexibility index (Phi) is 38.6. The lowest BCUT2D eigenvalue weighted by atomic mass is 9.99. The van der Waals surface area contributed by atoms with Crippen LogP contribution in [0.1, 0.15) is 84.7 Å². The molecule has 3 saturated heterocycles. The van der Waals surface area contributed by atoms with Crippen molar-refractivity contribution in [1.29, 1.82) is 0 Å². The first-order chi connectivity index (χ1) is 63.4. The van der Waals surface area contributed by atoms with Gasteiger partial charge in [-0.2, -0.15) is 0 Å². The summed E-state index contributed by atoms with van der Waals surface area (Å²) in [5.41, 5.74) is 0.650. The van der Waals surface area contributed by atoms with Crippen molar-refractivity contribution in [2.24, 2.45) is 5.92 Å². The standard InChI is InChI=1S/C87H112N10O35/c1-50(2)73(91-70(99)18-23-119-25-27-121-29-31-123-33-35-125-37-38-126-36-34-124-32-30-122-28-26-120-24-19-88-69(98)17-20-92-71(100)15-16-72(92)101)79(106)89-53(5)78(105)90-56-12-9-54(10-13-56)48-129-86(113)95-59-44-67(65(117-6)42-57(59)80(107)93-46-51(3)39-62(93)82(95)109)127-21-8-22-128-68-45-60-58(43-66(68)118-7)81(108)94-47-52(4)40-63(94)83(110)96(60)87(114)130-49-55-11-14-64(61(41-55)97(115)116)131-85-76(104)74(102)75(103)77(132-85)84(111)112/h9-16,41-45,50,53,62-63,73-77,82-83,85,102-104,109-110H,3-4,8,17-40,46-49H2,1-2,5-7H3,(H,88,98)(H,89,106)(H,90,105)(H,91,99)(H,111,112)/t53-,62-,63-,73-,74-,75-,76+,77-,82-,83-,85+/m0/s1. The normalized spacial score (nSPS) is 20.2. The monoisotopic (exact) mass is 1860 g/mol. The van der Waals surface area contributed by atoms with Gasteiger partial charge in [-0.05, 0) is 67.1 Å². The van der Waals surface area contributed by atoms with Gasteiger partial charge in [0.2, 0.25) is 29.9 Å². The van der Waals surface area contributed by atoms with Gasteiger partial charge in [0.05, 0.1) is 173 Å². The molecule has 0 aromatic heterocycles. The fourth-order valence-electron chi connectivity index (χ4n) is 14.5. The molecule has 0 bridgehead atoms. The van der Waals surface area contributed by atoms with Crippen molar-refractivity contribution in [2.75, 3.05) is 174 Å². The van der Waals surface area contributed by atoms with Crippen LogP contribution in [0.15, 0.2) is 103 Å². The molecule has 0 spiro atoms. The second-order valence-electron chi connectivity index (χ2n) is 31.2. The molecule has 10 rings (SSSR count). The lowest BCUT2D eigenvalue weighted by molar-refractivity contribution is -0.387. The molecule has 6 aliphatic heterocycles. The molecule has 10 N–H and O–H groups in total. The van der Waals surface area contributed by atoms with Crippen LogP contribution >= 0.6 is 0 Å². The third kappa shape index (κ3) is 27.8. The summed E-state index contributed by atoms with van der Waals surface area (Å²) in [4.78, 5) is 161. The molecule has 6 heterocycles. The van der Waals surface area contributed by atoms with E-state index in [-0.39, 0.29) is 167 Å². The predicted molar refractivity (Wildman–Crippen MR) is 458 cm³/mol. The smallest absolute Gasteiger partial charge is 0.416 e. The molecule has 0 unspecified atom stereocenters. The van der Waals surface area contributed by atoms with Crippen molar-refractivity contribution < 1.29 is 164 Å². The van der Waals surface area contributed by atoms with E-state index in [1.54, 1.807) is 26.0 Å². The minimum Gasteiger partial charge on any atom is -0.493 e. The Hall–Kier alpha value is -12.1. The van der Waals surface area contributed by atoms with Gasteiger partial charge in [0.15, 0.2) is 47.3 Å². The number of amides is 10. The van der Waals surface area contributed by atoms with E-state index in [4.69, 9.17) is 75.8 Å². The molecule has 4 aromatic rings. The van der Waals surface area contributed by atoms with Crippen LogP contribution in [0, 0.1) is 16.0 Å². The van der Waals surface area contributed by atoms with Gasteiger partial charge < -0.3 is 137 Å². The lowest BCUT2D eigenvalue weighted by Crippen LogP contribution is -2.61. The number of aliphatic hydroxyl groups is 5. The number of hydrogen-bond donors (Lipinski definition) is 10. The summed E-state index contributed by atoms with van der Waals surface area (Å²) in [7, 11) is 2.63. The number of carbonyl (C=O) groups is 11. The highest BCUT2D eigenvalue weighted by molar-refractivity contribution is 6.13. The topological polar surface area (TPSA) is 564 Å². The first-order valence-corrected chi connectivity index (χ1v) is 42.6. The zero-order valence-electron chi connectivity index (χ0n) is 73.6. The van der Waals surface area contributed by atoms with Crippen LogP contribution in [0.25, 0.3) is 0 Å². The van der Waals surface area contributed by atoms with Gasteiger partial charge in [0, 0.05) is 81.5 Å². The minimum atomic E-state index is -2.08. The fourth-order valence-corrected chi connectivity index (χ4v) is 14.5. The number of nitro groups is 1. The van der Waals surface area contributed by atoms with E-state index in [9.17, 15) is 93.5 Å². The summed E-state index contributed by atoms with van der Waals surface area (Å²) in [5.74, 6) is -6.58. The van der Waals surface area contributed by atoms with Crippen molar-refractivity contribution in [3.63, 3.8) is 0 Å². The number of anilines is 3. The SMILES string of the molecule is C=C1C[C@H]2[C@H](O)N(C(=O)OCc3ccc(NC(=O)[C@H](C)NC(=O)[C@@H](NC(=O)CCOCCOCCOCCOCCOCCOCCOCCOCCNC(=O)CCN4C(=O)C=CC4=O)C(C)C)cc3)c3cc(OCCCOc4cc5c(cc4OC)C(=O)N4CC(=C)C[C@H]4[C@H](O)N5C(=O)OCc4ccc(O[C@@H]5O[C@H](C(=O)O)[C@@H](O)[C@H](O)[C@H]5O)c([N+](=O)[O-])c4)c(OC)cc3C(=O)N2C1. The van der Waals surface area contributed by atoms with Crippen LogP contribution in [0.4, 0.5) is 32.3 Å². The average molecular weight is 1860 g/mol. The Balaban J connectivity index is 0.623. The number of benzene rings is 4. The molecule has 45 heteroatoms. The largest absolute Gasteiger partial charge is 0.493 e. The number of nitrogens with one attached hydrogen (secondary N) is 4. The van der Waals surface area contributed by atoms with Crippen molar-refractivity contribution in [1.82, 2.24) is 30.7 Å². The van der Waals surface area contributed by atoms with Crippen LogP contribution < -0.4 is 54.8 Å². The van der Waals surface area contributed by atoms with Gasteiger partial charge in [-0.3, -0.25) is 53.4 Å². The molecule has 11 atom stereocenters. The van der Waals surface area contributed by atoms with Crippen LogP contribution in [0.3, 0.4) is 0 Å². The third-order valence-electron chi connectivity index (χ3n) is 21.4. The van der Waals surface area contributed by atoms with Crippen molar-refractivity contribution in [2.45, 2.75) is 133 Å². The molecule has 0 saturated carbocycles. The van der Waals surface area contributed by atoms with E-state index in [0.717, 1.165) is 26.8 Å². The van der Waals surface area contributed by atoms with E-state index in [1.165, 1.54) is 85.6 Å². The molecule has 720 valence electrons. The van der Waals surface area contributed by atoms with Crippen molar-refractivity contribution in [3.05, 3.63) is 136 Å². The zero-order chi connectivity index (χ0) is 95.2. The molecule has 6 aliphatic rings. The van der Waals surface area contributed by atoms with E-state index in [0.29, 0.717) is 102 Å². The molecule has 0 aliphatic carbocycles. The van der Waals surface area contributed by atoms with E-state index < -0.39 is 150 Å². The van der Waals surface area contributed by atoms with Gasteiger partial charge in [0.25, 0.3) is 23.6 Å². The number of aliphatic carboxylic acids is 1. The number of nitrogens with zero attached hydrogens (tertiary/aromatic N) is 6. The Morgan fingerprint density at radius 3 is 1.46 bits per heavy atom. The van der Waals surface area contributed by atoms with E-state index in [2.05, 4.69) is 34.4 Å². The number of ether oxygens (including phenoxy) is 16. The first-order valence-electron chi connectivity index (χ1n) is 42.6. The zero-order valence-corrected chi connectivity index (χ0v) is 73.6. The van der Waals surface area contributed by atoms with E-state index >= 15 is 0 Å². The first kappa shape index (κ1) is 102. The highest BCUT2D eigenvalue weighted by Crippen LogP contribution is 2.45. The number of nitro benzene ring substituents is 1. The second-order valence-corrected chi connectivity index (χ2v) is 31.2. The number of carboxylic acid groups (broad SMARTS) is 1. The Morgan fingerprint density at radius 2 is 1.00 bits per heavy atom. The summed E-state index contributed by atoms with van der Waals surface area (Å²) in [6.45, 7) is 17.1. The second kappa shape index (κ2) is 50.0. The Bertz CT molecular complexity index is 4750. The highest BCUT2D eigenvalue weighted by atomic mass is 16.7. The molecule has 45 nitrogen and oxygen atoms in total. The average Bonchev–Trinajstić information content (AvgIpc) is 1.60. The van der Waals surface area contributed by atoms with Gasteiger partial charge in [-0.1, -0.05) is 56.4 Å². The number of methoxy groups -OCH3 is 2. The number of carbonyl (C=O) groups excluding carboxylic acids is 10. The predicted octanol–water partition coefficient (Wildman–Crippen LogP) is 1.76. The summed E-state index contributed by atoms with van der Waals surface area (Å²) in [6.07, 6.45) is -13.5. The maximum absolute atomic E-state index is 14.5. The quantitative estimate of drug-likeness (QED) is 0.00990. The van der Waals surface area contributed by atoms with E-state index in [1.807, 2.05) is 0 Å². The number of rotatable bonds is 52. The van der Waals surface area contributed by atoms with Gasteiger partial charge in [0.1, 0.15) is 43.6 Å². The van der Waals surface area contributed by atoms with Crippen molar-refractivity contribution in [3.8, 4) is 28.7 Å². The summed E-state index contributed by atoms with van der Waals surface area (Å²) < 4.78 is 89.9. The number of hydrogen-bond acceptors (Lipinski definition) is 34. The maximum atomic E-state index is 14.5. The number of aliphatic hydroxyl groups excluding tert-OH is 5. The van der Waals surface area contributed by atoms with Crippen LogP contribution in [0.2, 0.25) is 0 Å². The molecule has 132 heavy (non-hydrogen) atoms.